The first kappa shape index (κ1) is 25.2. The Bertz CT molecular complexity index is 1340. The van der Waals surface area contributed by atoms with Crippen molar-refractivity contribution in [3.05, 3.63) is 72.1 Å². The predicted molar refractivity (Wildman–Crippen MR) is 134 cm³/mol. The second-order valence-electron chi connectivity index (χ2n) is 8.59. The number of benzene rings is 1. The molecule has 2 aromatic heterocycles. The summed E-state index contributed by atoms with van der Waals surface area (Å²) in [5.41, 5.74) is 8.00. The number of fused-ring (bicyclic) bond motifs is 1. The van der Waals surface area contributed by atoms with Crippen molar-refractivity contribution in [2.24, 2.45) is 0 Å². The largest absolute Gasteiger partial charge is 0.383 e. The van der Waals surface area contributed by atoms with Crippen molar-refractivity contribution in [2.75, 3.05) is 19.5 Å². The van der Waals surface area contributed by atoms with Gasteiger partial charge in [0, 0.05) is 30.4 Å². The molecule has 1 aliphatic rings. The molecule has 10 heteroatoms. The van der Waals surface area contributed by atoms with Gasteiger partial charge < -0.3 is 15.8 Å². The molecule has 1 saturated carbocycles. The quantitative estimate of drug-likeness (QED) is 0.334. The smallest absolute Gasteiger partial charge is 0.251 e. The minimum absolute atomic E-state index is 0.0917. The topological polar surface area (TPSA) is 108 Å². The lowest BCUT2D eigenvalue weighted by Gasteiger charge is -2.10. The van der Waals surface area contributed by atoms with Crippen LogP contribution in [0.4, 0.5) is 14.6 Å². The van der Waals surface area contributed by atoms with E-state index in [9.17, 15) is 9.18 Å². The summed E-state index contributed by atoms with van der Waals surface area (Å²) in [6.07, 6.45) is 9.29. The number of nitrogen functional groups attached to an aromatic ring is 1. The van der Waals surface area contributed by atoms with Crippen LogP contribution in [0.1, 0.15) is 37.3 Å². The zero-order chi connectivity index (χ0) is 25.7. The molecule has 1 aromatic carbocycles. The van der Waals surface area contributed by atoms with E-state index >= 15 is 4.39 Å². The number of amides is 1. The third-order valence-electron chi connectivity index (χ3n) is 6.10. The van der Waals surface area contributed by atoms with E-state index in [4.69, 9.17) is 15.6 Å². The Kier molecular flexibility index (Phi) is 7.84. The standard InChI is InChI=1S/C26H28F2N6O2/c1-16(12-19(27)6-5-11-36-2)26(35)30-14-18-10-9-17(13-21(18)28)23-22-24(29)31-15-32-25(22)34(33-23)20-7-3-4-8-20/h5-6,9-10,12-13,15,20H,1,3-4,7-8,11,14H2,2H3,(H,30,35)(H2,29,31,32)/b6-5-,19-12+. The summed E-state index contributed by atoms with van der Waals surface area (Å²) in [6.45, 7) is 3.71. The Balaban J connectivity index is 1.51. The van der Waals surface area contributed by atoms with Crippen molar-refractivity contribution < 1.29 is 18.3 Å². The second kappa shape index (κ2) is 11.2. The van der Waals surface area contributed by atoms with Crippen LogP contribution < -0.4 is 11.1 Å². The van der Waals surface area contributed by atoms with Gasteiger partial charge >= 0.3 is 0 Å². The number of aromatic nitrogens is 4. The van der Waals surface area contributed by atoms with Crippen LogP contribution in [0.25, 0.3) is 22.3 Å². The molecular weight excluding hydrogens is 466 g/mol. The van der Waals surface area contributed by atoms with Gasteiger partial charge in [0.1, 0.15) is 29.5 Å². The van der Waals surface area contributed by atoms with Gasteiger partial charge in [-0.05, 0) is 31.1 Å². The molecule has 0 unspecified atom stereocenters. The molecule has 188 valence electrons. The van der Waals surface area contributed by atoms with Crippen molar-refractivity contribution in [1.82, 2.24) is 25.1 Å². The molecule has 1 fully saturated rings. The van der Waals surface area contributed by atoms with Crippen LogP contribution in [0.15, 0.2) is 60.7 Å². The van der Waals surface area contributed by atoms with Gasteiger partial charge in [-0.15, -0.1) is 0 Å². The number of ether oxygens (including phenoxy) is 1. The molecule has 8 nitrogen and oxygen atoms in total. The van der Waals surface area contributed by atoms with Gasteiger partial charge in [-0.25, -0.2) is 23.4 Å². The number of nitrogens with two attached hydrogens (primary N) is 1. The zero-order valence-corrected chi connectivity index (χ0v) is 20.0. The summed E-state index contributed by atoms with van der Waals surface area (Å²) in [7, 11) is 1.49. The third-order valence-corrected chi connectivity index (χ3v) is 6.10. The van der Waals surface area contributed by atoms with Crippen LogP contribution in [0.2, 0.25) is 0 Å². The molecule has 2 heterocycles. The maximum absolute atomic E-state index is 15.0. The van der Waals surface area contributed by atoms with Gasteiger partial charge in [0.2, 0.25) is 0 Å². The fourth-order valence-electron chi connectivity index (χ4n) is 4.26. The maximum Gasteiger partial charge on any atom is 0.251 e. The summed E-state index contributed by atoms with van der Waals surface area (Å²) < 4.78 is 35.5. The van der Waals surface area contributed by atoms with Crippen molar-refractivity contribution in [3.8, 4) is 11.3 Å². The number of halogens is 2. The molecule has 0 spiro atoms. The Morgan fingerprint density at radius 2 is 2.11 bits per heavy atom. The molecule has 0 aliphatic heterocycles. The van der Waals surface area contributed by atoms with Crippen molar-refractivity contribution in [1.29, 1.82) is 0 Å². The van der Waals surface area contributed by atoms with Crippen LogP contribution in [0, 0.1) is 5.82 Å². The Hall–Kier alpha value is -3.92. The number of hydrogen-bond donors (Lipinski definition) is 2. The van der Waals surface area contributed by atoms with Gasteiger partial charge in [0.25, 0.3) is 5.91 Å². The number of allylic oxidation sites excluding steroid dienone is 2. The lowest BCUT2D eigenvalue weighted by molar-refractivity contribution is -0.117. The van der Waals surface area contributed by atoms with E-state index in [2.05, 4.69) is 21.9 Å². The normalized spacial score (nSPS) is 14.7. The Morgan fingerprint density at radius 3 is 2.83 bits per heavy atom. The van der Waals surface area contributed by atoms with Crippen LogP contribution in [-0.2, 0) is 16.1 Å². The van der Waals surface area contributed by atoms with Crippen LogP contribution >= 0.6 is 0 Å². The summed E-state index contributed by atoms with van der Waals surface area (Å²) >= 11 is 0. The molecule has 1 amide bonds. The number of nitrogens with one attached hydrogen (secondary N) is 1. The van der Waals surface area contributed by atoms with E-state index in [1.54, 1.807) is 12.1 Å². The first-order chi connectivity index (χ1) is 17.4. The molecule has 36 heavy (non-hydrogen) atoms. The van der Waals surface area contributed by atoms with Crippen molar-refractivity contribution in [2.45, 2.75) is 38.3 Å². The molecule has 3 N–H and O–H groups in total. The van der Waals surface area contributed by atoms with E-state index in [0.717, 1.165) is 31.8 Å². The zero-order valence-electron chi connectivity index (χ0n) is 20.0. The fourth-order valence-corrected chi connectivity index (χ4v) is 4.26. The fraction of sp³-hybridized carbons (Fsp3) is 0.308. The number of hydrogen-bond acceptors (Lipinski definition) is 6. The highest BCUT2D eigenvalue weighted by Gasteiger charge is 2.25. The monoisotopic (exact) mass is 494 g/mol. The van der Waals surface area contributed by atoms with Crippen LogP contribution in [-0.4, -0.2) is 39.4 Å². The SMILES string of the molecule is C=C(/C=C(F)\C=C/COC)C(=O)NCc1ccc(-c2nn(C3CCCC3)c3ncnc(N)c23)cc1F. The Morgan fingerprint density at radius 1 is 1.33 bits per heavy atom. The van der Waals surface area contributed by atoms with E-state index < -0.39 is 17.6 Å². The third kappa shape index (κ3) is 5.49. The van der Waals surface area contributed by atoms with Gasteiger partial charge in [0.15, 0.2) is 5.65 Å². The molecule has 4 rings (SSSR count). The van der Waals surface area contributed by atoms with Crippen molar-refractivity contribution >= 4 is 22.8 Å². The predicted octanol–water partition coefficient (Wildman–Crippen LogP) is 4.56. The highest BCUT2D eigenvalue weighted by Crippen LogP contribution is 2.36. The van der Waals surface area contributed by atoms with Gasteiger partial charge in [0.05, 0.1) is 18.0 Å². The molecule has 1 aliphatic carbocycles. The summed E-state index contributed by atoms with van der Waals surface area (Å²) in [6, 6.07) is 4.85. The number of nitrogens with zero attached hydrogens (tertiary/aromatic N) is 4. The maximum atomic E-state index is 15.0. The van der Waals surface area contributed by atoms with E-state index in [1.807, 2.05) is 4.68 Å². The van der Waals surface area contributed by atoms with Gasteiger partial charge in [-0.2, -0.15) is 5.10 Å². The highest BCUT2D eigenvalue weighted by atomic mass is 19.1. The molecule has 3 aromatic rings. The van der Waals surface area contributed by atoms with Crippen molar-refractivity contribution in [3.63, 3.8) is 0 Å². The first-order valence-corrected chi connectivity index (χ1v) is 11.7. The minimum Gasteiger partial charge on any atom is -0.383 e. The average molecular weight is 495 g/mol. The Labute approximate surface area is 207 Å². The lowest BCUT2D eigenvalue weighted by atomic mass is 10.1. The number of anilines is 1. The second-order valence-corrected chi connectivity index (χ2v) is 8.59. The average Bonchev–Trinajstić information content (AvgIpc) is 3.52. The van der Waals surface area contributed by atoms with Gasteiger partial charge in [-0.1, -0.05) is 37.6 Å². The minimum atomic E-state index is -0.643. The lowest BCUT2D eigenvalue weighted by Crippen LogP contribution is -2.24. The summed E-state index contributed by atoms with van der Waals surface area (Å²) in [5, 5.41) is 7.90. The van der Waals surface area contributed by atoms with Crippen LogP contribution in [0.3, 0.4) is 0 Å². The molecule has 0 radical (unpaired) electrons. The molecule has 0 atom stereocenters. The number of methoxy groups -OCH3 is 1. The first-order valence-electron chi connectivity index (χ1n) is 11.7. The molecular formula is C26H28F2N6O2. The van der Waals surface area contributed by atoms with E-state index in [1.165, 1.54) is 31.7 Å². The number of rotatable bonds is 9. The summed E-state index contributed by atoms with van der Waals surface area (Å²) in [4.78, 5) is 20.8. The number of carbonyl (C=O) groups excluding carboxylic acids is 1. The summed E-state index contributed by atoms with van der Waals surface area (Å²) in [5.74, 6) is -1.50. The van der Waals surface area contributed by atoms with Gasteiger partial charge in [-0.3, -0.25) is 4.79 Å². The molecule has 0 saturated heterocycles. The molecule has 0 bridgehead atoms. The van der Waals surface area contributed by atoms with E-state index in [0.29, 0.717) is 22.3 Å². The van der Waals surface area contributed by atoms with Crippen LogP contribution in [0.5, 0.6) is 0 Å². The highest BCUT2D eigenvalue weighted by molar-refractivity contribution is 5.98. The number of carbonyl (C=O) groups is 1. The van der Waals surface area contributed by atoms with E-state index in [-0.39, 0.29) is 36.1 Å².